The van der Waals surface area contributed by atoms with Gasteiger partial charge in [-0.25, -0.2) is 0 Å². The number of nitrogens with one attached hydrogen (secondary N) is 2. The fraction of sp³-hybridized carbons (Fsp3) is 0.600. The standard InChI is InChI=1S/C10H18N2O/c1-2-9(8-13)5-12-7-10-3-4-11-6-10/h3-4,6,9,11-13H,2,5,7-8H2,1H3. The fourth-order valence-corrected chi connectivity index (χ4v) is 1.23. The molecular weight excluding hydrogens is 164 g/mol. The van der Waals surface area contributed by atoms with E-state index in [1.54, 1.807) is 0 Å². The minimum absolute atomic E-state index is 0.274. The molecule has 1 atom stereocenters. The summed E-state index contributed by atoms with van der Waals surface area (Å²) in [6, 6.07) is 2.05. The highest BCUT2D eigenvalue weighted by atomic mass is 16.3. The smallest absolute Gasteiger partial charge is 0.0471 e. The van der Waals surface area contributed by atoms with Gasteiger partial charge in [0.25, 0.3) is 0 Å². The Hall–Kier alpha value is -0.800. The Labute approximate surface area is 79.2 Å². The van der Waals surface area contributed by atoms with Crippen LogP contribution in [0.5, 0.6) is 0 Å². The van der Waals surface area contributed by atoms with Crippen LogP contribution in [0, 0.1) is 5.92 Å². The van der Waals surface area contributed by atoms with E-state index in [0.717, 1.165) is 19.5 Å². The quantitative estimate of drug-likeness (QED) is 0.617. The van der Waals surface area contributed by atoms with Gasteiger partial charge in [0.2, 0.25) is 0 Å². The summed E-state index contributed by atoms with van der Waals surface area (Å²) in [5.41, 5.74) is 1.26. The summed E-state index contributed by atoms with van der Waals surface area (Å²) in [5.74, 6) is 0.388. The lowest BCUT2D eigenvalue weighted by Gasteiger charge is -2.11. The Morgan fingerprint density at radius 3 is 3.00 bits per heavy atom. The third kappa shape index (κ3) is 3.61. The molecule has 1 rings (SSSR count). The highest BCUT2D eigenvalue weighted by Gasteiger charge is 2.02. The Kier molecular flexibility index (Phi) is 4.57. The van der Waals surface area contributed by atoms with Crippen LogP contribution in [-0.4, -0.2) is 23.2 Å². The molecule has 0 saturated carbocycles. The van der Waals surface area contributed by atoms with Crippen molar-refractivity contribution in [3.8, 4) is 0 Å². The largest absolute Gasteiger partial charge is 0.396 e. The van der Waals surface area contributed by atoms with E-state index in [4.69, 9.17) is 5.11 Å². The zero-order valence-electron chi connectivity index (χ0n) is 8.09. The molecule has 0 fully saturated rings. The number of aromatic amines is 1. The van der Waals surface area contributed by atoms with Crippen LogP contribution >= 0.6 is 0 Å². The molecule has 0 aliphatic rings. The van der Waals surface area contributed by atoms with Crippen molar-refractivity contribution in [2.45, 2.75) is 19.9 Å². The van der Waals surface area contributed by atoms with E-state index < -0.39 is 0 Å². The molecule has 1 aromatic heterocycles. The number of H-pyrrole nitrogens is 1. The molecular formula is C10H18N2O. The summed E-state index contributed by atoms with van der Waals surface area (Å²) in [6.07, 6.45) is 4.92. The minimum Gasteiger partial charge on any atom is -0.396 e. The van der Waals surface area contributed by atoms with E-state index in [9.17, 15) is 0 Å². The number of aliphatic hydroxyl groups excluding tert-OH is 1. The van der Waals surface area contributed by atoms with Gasteiger partial charge in [0, 0.05) is 32.1 Å². The Morgan fingerprint density at radius 1 is 1.62 bits per heavy atom. The second-order valence-electron chi connectivity index (χ2n) is 3.31. The zero-order chi connectivity index (χ0) is 9.52. The van der Waals surface area contributed by atoms with E-state index >= 15 is 0 Å². The van der Waals surface area contributed by atoms with Gasteiger partial charge in [-0.05, 0) is 24.0 Å². The molecule has 0 bridgehead atoms. The average Bonchev–Trinajstić information content (AvgIpc) is 2.65. The maximum Gasteiger partial charge on any atom is 0.0471 e. The molecule has 3 N–H and O–H groups in total. The van der Waals surface area contributed by atoms with Crippen molar-refractivity contribution in [3.05, 3.63) is 24.0 Å². The number of hydrogen-bond acceptors (Lipinski definition) is 2. The normalized spacial score (nSPS) is 13.1. The van der Waals surface area contributed by atoms with Crippen molar-refractivity contribution in [2.24, 2.45) is 5.92 Å². The van der Waals surface area contributed by atoms with Crippen molar-refractivity contribution in [1.29, 1.82) is 0 Å². The van der Waals surface area contributed by atoms with E-state index in [0.29, 0.717) is 5.92 Å². The van der Waals surface area contributed by atoms with Crippen LogP contribution < -0.4 is 5.32 Å². The summed E-state index contributed by atoms with van der Waals surface area (Å²) in [7, 11) is 0. The Morgan fingerprint density at radius 2 is 2.46 bits per heavy atom. The van der Waals surface area contributed by atoms with Crippen LogP contribution in [0.4, 0.5) is 0 Å². The minimum atomic E-state index is 0.274. The van der Waals surface area contributed by atoms with E-state index in [1.165, 1.54) is 5.56 Å². The molecule has 74 valence electrons. The summed E-state index contributed by atoms with van der Waals surface area (Å²) in [6.45, 7) is 4.13. The number of aliphatic hydroxyl groups is 1. The SMILES string of the molecule is CCC(CO)CNCc1cc[nH]c1. The number of aromatic nitrogens is 1. The summed E-state index contributed by atoms with van der Waals surface area (Å²) in [5, 5.41) is 12.2. The Bertz CT molecular complexity index is 205. The second-order valence-corrected chi connectivity index (χ2v) is 3.31. The monoisotopic (exact) mass is 182 g/mol. The van der Waals surface area contributed by atoms with Crippen LogP contribution in [0.25, 0.3) is 0 Å². The molecule has 0 aliphatic heterocycles. The summed E-state index contributed by atoms with van der Waals surface area (Å²) < 4.78 is 0. The zero-order valence-corrected chi connectivity index (χ0v) is 8.09. The molecule has 0 spiro atoms. The van der Waals surface area contributed by atoms with Gasteiger partial charge in [-0.2, -0.15) is 0 Å². The first-order chi connectivity index (χ1) is 6.36. The topological polar surface area (TPSA) is 48.0 Å². The highest BCUT2D eigenvalue weighted by molar-refractivity contribution is 5.07. The lowest BCUT2D eigenvalue weighted by Crippen LogP contribution is -2.24. The molecule has 3 heteroatoms. The van der Waals surface area contributed by atoms with Crippen molar-refractivity contribution in [1.82, 2.24) is 10.3 Å². The Balaban J connectivity index is 2.13. The molecule has 0 radical (unpaired) electrons. The van der Waals surface area contributed by atoms with Gasteiger partial charge in [0.05, 0.1) is 0 Å². The van der Waals surface area contributed by atoms with Crippen molar-refractivity contribution in [3.63, 3.8) is 0 Å². The van der Waals surface area contributed by atoms with Crippen LogP contribution in [0.1, 0.15) is 18.9 Å². The van der Waals surface area contributed by atoms with Gasteiger partial charge < -0.3 is 15.4 Å². The predicted molar refractivity (Wildman–Crippen MR) is 53.4 cm³/mol. The molecule has 13 heavy (non-hydrogen) atoms. The molecule has 0 saturated heterocycles. The van der Waals surface area contributed by atoms with Gasteiger partial charge in [0.15, 0.2) is 0 Å². The van der Waals surface area contributed by atoms with Crippen LogP contribution in [0.15, 0.2) is 18.5 Å². The van der Waals surface area contributed by atoms with Gasteiger partial charge in [-0.15, -0.1) is 0 Å². The molecule has 3 nitrogen and oxygen atoms in total. The number of rotatable bonds is 6. The fourth-order valence-electron chi connectivity index (χ4n) is 1.23. The number of hydrogen-bond donors (Lipinski definition) is 3. The van der Waals surface area contributed by atoms with E-state index in [2.05, 4.69) is 17.2 Å². The van der Waals surface area contributed by atoms with Crippen LogP contribution in [0.2, 0.25) is 0 Å². The van der Waals surface area contributed by atoms with Crippen molar-refractivity contribution in [2.75, 3.05) is 13.2 Å². The van der Waals surface area contributed by atoms with Crippen molar-refractivity contribution >= 4 is 0 Å². The molecule has 0 aliphatic carbocycles. The molecule has 1 unspecified atom stereocenters. The van der Waals surface area contributed by atoms with Crippen LogP contribution in [-0.2, 0) is 6.54 Å². The first-order valence-electron chi connectivity index (χ1n) is 4.80. The first kappa shape index (κ1) is 10.3. The van der Waals surface area contributed by atoms with Gasteiger partial charge in [-0.3, -0.25) is 0 Å². The van der Waals surface area contributed by atoms with E-state index in [-0.39, 0.29) is 6.61 Å². The lowest BCUT2D eigenvalue weighted by molar-refractivity contribution is 0.218. The maximum absolute atomic E-state index is 8.94. The third-order valence-corrected chi connectivity index (χ3v) is 2.26. The van der Waals surface area contributed by atoms with E-state index in [1.807, 2.05) is 18.5 Å². The van der Waals surface area contributed by atoms with Gasteiger partial charge >= 0.3 is 0 Å². The molecule has 1 heterocycles. The predicted octanol–water partition coefficient (Wildman–Crippen LogP) is 1.12. The molecule has 0 aromatic carbocycles. The lowest BCUT2D eigenvalue weighted by atomic mass is 10.1. The van der Waals surface area contributed by atoms with Crippen LogP contribution in [0.3, 0.4) is 0 Å². The first-order valence-corrected chi connectivity index (χ1v) is 4.80. The second kappa shape index (κ2) is 5.78. The van der Waals surface area contributed by atoms with Crippen molar-refractivity contribution < 1.29 is 5.11 Å². The van der Waals surface area contributed by atoms with Gasteiger partial charge in [0.1, 0.15) is 0 Å². The molecule has 0 amide bonds. The third-order valence-electron chi connectivity index (χ3n) is 2.26. The maximum atomic E-state index is 8.94. The highest BCUT2D eigenvalue weighted by Crippen LogP contribution is 2.00. The summed E-state index contributed by atoms with van der Waals surface area (Å²) in [4.78, 5) is 3.01. The summed E-state index contributed by atoms with van der Waals surface area (Å²) >= 11 is 0. The van der Waals surface area contributed by atoms with Gasteiger partial charge in [-0.1, -0.05) is 6.92 Å². The average molecular weight is 182 g/mol. The molecule has 1 aromatic rings.